The maximum atomic E-state index is 11.9. The van der Waals surface area contributed by atoms with Crippen molar-refractivity contribution < 1.29 is 28.6 Å². The summed E-state index contributed by atoms with van der Waals surface area (Å²) < 4.78 is 14.5. The first-order valence-electron chi connectivity index (χ1n) is 5.92. The van der Waals surface area contributed by atoms with Crippen LogP contribution < -0.4 is 4.74 Å². The van der Waals surface area contributed by atoms with Crippen LogP contribution in [0.15, 0.2) is 36.1 Å². The predicted octanol–water partition coefficient (Wildman–Crippen LogP) is 1.60. The van der Waals surface area contributed by atoms with Crippen LogP contribution in [0.25, 0.3) is 0 Å². The standard InChI is InChI=1S/C14H12O6/c1-9(15)20-12-5-3-2-4-11(12)14(17)19-8-10-6-7-18-13(10)16/h2-5,8H,6-7H2,1H3/b10-8-. The second-order valence-corrected chi connectivity index (χ2v) is 4.02. The van der Waals surface area contributed by atoms with Crippen LogP contribution in [0.3, 0.4) is 0 Å². The molecule has 0 atom stereocenters. The number of carbonyl (C=O) groups is 3. The highest BCUT2D eigenvalue weighted by molar-refractivity contribution is 5.95. The van der Waals surface area contributed by atoms with Gasteiger partial charge in [0.1, 0.15) is 17.6 Å². The van der Waals surface area contributed by atoms with Gasteiger partial charge in [0.25, 0.3) is 0 Å². The Morgan fingerprint density at radius 1 is 1.30 bits per heavy atom. The molecule has 0 aromatic heterocycles. The van der Waals surface area contributed by atoms with Crippen LogP contribution in [-0.2, 0) is 19.1 Å². The van der Waals surface area contributed by atoms with Gasteiger partial charge in [-0.3, -0.25) is 4.79 Å². The molecule has 1 aromatic carbocycles. The van der Waals surface area contributed by atoms with E-state index < -0.39 is 17.9 Å². The number of benzene rings is 1. The van der Waals surface area contributed by atoms with E-state index in [2.05, 4.69) is 0 Å². The average Bonchev–Trinajstić information content (AvgIpc) is 2.81. The molecule has 2 rings (SSSR count). The Kier molecular flexibility index (Phi) is 4.14. The summed E-state index contributed by atoms with van der Waals surface area (Å²) in [6.07, 6.45) is 1.47. The zero-order valence-corrected chi connectivity index (χ0v) is 10.8. The molecule has 6 nitrogen and oxygen atoms in total. The molecule has 1 saturated heterocycles. The molecule has 0 spiro atoms. The molecule has 0 saturated carbocycles. The lowest BCUT2D eigenvalue weighted by Gasteiger charge is -2.06. The first-order chi connectivity index (χ1) is 9.58. The average molecular weight is 276 g/mol. The van der Waals surface area contributed by atoms with E-state index in [9.17, 15) is 14.4 Å². The first-order valence-corrected chi connectivity index (χ1v) is 5.92. The fraction of sp³-hybridized carbons (Fsp3) is 0.214. The fourth-order valence-corrected chi connectivity index (χ4v) is 1.62. The Labute approximate surface area is 114 Å². The van der Waals surface area contributed by atoms with Gasteiger partial charge >= 0.3 is 17.9 Å². The van der Waals surface area contributed by atoms with Crippen molar-refractivity contribution in [2.45, 2.75) is 13.3 Å². The van der Waals surface area contributed by atoms with Gasteiger partial charge in [-0.15, -0.1) is 0 Å². The third kappa shape index (κ3) is 3.23. The molecule has 0 amide bonds. The highest BCUT2D eigenvalue weighted by atomic mass is 16.6. The third-order valence-corrected chi connectivity index (χ3v) is 2.54. The molecule has 0 bridgehead atoms. The zero-order valence-electron chi connectivity index (χ0n) is 10.8. The number of para-hydroxylation sites is 1. The second kappa shape index (κ2) is 6.01. The lowest BCUT2D eigenvalue weighted by Crippen LogP contribution is -2.09. The molecule has 0 radical (unpaired) electrons. The van der Waals surface area contributed by atoms with E-state index in [0.717, 1.165) is 6.26 Å². The monoisotopic (exact) mass is 276 g/mol. The van der Waals surface area contributed by atoms with Crippen LogP contribution in [0, 0.1) is 0 Å². The minimum absolute atomic E-state index is 0.103. The topological polar surface area (TPSA) is 78.9 Å². The van der Waals surface area contributed by atoms with E-state index in [1.54, 1.807) is 12.1 Å². The van der Waals surface area contributed by atoms with Crippen LogP contribution in [0.2, 0.25) is 0 Å². The molecular weight excluding hydrogens is 264 g/mol. The van der Waals surface area contributed by atoms with E-state index in [4.69, 9.17) is 14.2 Å². The Bertz CT molecular complexity index is 587. The van der Waals surface area contributed by atoms with Crippen LogP contribution in [-0.4, -0.2) is 24.5 Å². The largest absolute Gasteiger partial charge is 0.462 e. The Morgan fingerprint density at radius 2 is 2.05 bits per heavy atom. The summed E-state index contributed by atoms with van der Waals surface area (Å²) in [5, 5.41) is 0. The minimum atomic E-state index is -0.714. The van der Waals surface area contributed by atoms with Gasteiger partial charge < -0.3 is 14.2 Å². The lowest BCUT2D eigenvalue weighted by atomic mass is 10.2. The van der Waals surface area contributed by atoms with Crippen LogP contribution in [0.1, 0.15) is 23.7 Å². The Hall–Kier alpha value is -2.63. The molecule has 6 heteroatoms. The van der Waals surface area contributed by atoms with Gasteiger partial charge in [0, 0.05) is 13.3 Å². The summed E-state index contributed by atoms with van der Waals surface area (Å²) in [5.74, 6) is -1.64. The van der Waals surface area contributed by atoms with Crippen molar-refractivity contribution in [1.29, 1.82) is 0 Å². The van der Waals surface area contributed by atoms with Gasteiger partial charge in [-0.25, -0.2) is 9.59 Å². The Morgan fingerprint density at radius 3 is 2.70 bits per heavy atom. The summed E-state index contributed by atoms with van der Waals surface area (Å²) in [5.41, 5.74) is 0.397. The van der Waals surface area contributed by atoms with Gasteiger partial charge in [0.15, 0.2) is 0 Å². The van der Waals surface area contributed by atoms with E-state index in [-0.39, 0.29) is 17.9 Å². The van der Waals surface area contributed by atoms with E-state index in [1.165, 1.54) is 19.1 Å². The quantitative estimate of drug-likeness (QED) is 0.361. The van der Waals surface area contributed by atoms with Gasteiger partial charge in [0.2, 0.25) is 0 Å². The number of hydrogen-bond donors (Lipinski definition) is 0. The molecule has 1 heterocycles. The maximum Gasteiger partial charge on any atom is 0.346 e. The molecular formula is C14H12O6. The Balaban J connectivity index is 2.13. The normalized spacial score (nSPS) is 15.8. The summed E-state index contributed by atoms with van der Waals surface area (Å²) in [4.78, 5) is 34.0. The highest BCUT2D eigenvalue weighted by Gasteiger charge is 2.20. The van der Waals surface area contributed by atoms with Crippen molar-refractivity contribution in [3.8, 4) is 5.75 Å². The zero-order chi connectivity index (χ0) is 14.5. The molecule has 0 N–H and O–H groups in total. The molecule has 1 aromatic rings. The number of hydrogen-bond acceptors (Lipinski definition) is 6. The number of ether oxygens (including phenoxy) is 3. The van der Waals surface area contributed by atoms with Gasteiger partial charge in [-0.05, 0) is 12.1 Å². The minimum Gasteiger partial charge on any atom is -0.462 e. The van der Waals surface area contributed by atoms with Crippen molar-refractivity contribution >= 4 is 17.9 Å². The fourth-order valence-electron chi connectivity index (χ4n) is 1.62. The second-order valence-electron chi connectivity index (χ2n) is 4.02. The van der Waals surface area contributed by atoms with E-state index >= 15 is 0 Å². The predicted molar refractivity (Wildman–Crippen MR) is 66.8 cm³/mol. The summed E-state index contributed by atoms with van der Waals surface area (Å²) in [7, 11) is 0. The number of rotatable bonds is 3. The molecule has 104 valence electrons. The van der Waals surface area contributed by atoms with Crippen LogP contribution >= 0.6 is 0 Å². The number of esters is 3. The van der Waals surface area contributed by atoms with Crippen LogP contribution in [0.5, 0.6) is 5.75 Å². The molecule has 0 unspecified atom stereocenters. The van der Waals surface area contributed by atoms with Crippen molar-refractivity contribution in [3.63, 3.8) is 0 Å². The third-order valence-electron chi connectivity index (χ3n) is 2.54. The maximum absolute atomic E-state index is 11.9. The van der Waals surface area contributed by atoms with Crippen molar-refractivity contribution in [2.75, 3.05) is 6.61 Å². The molecule has 0 aliphatic carbocycles. The summed E-state index contributed by atoms with van der Waals surface area (Å²) >= 11 is 0. The summed E-state index contributed by atoms with van der Waals surface area (Å²) in [6.45, 7) is 1.52. The van der Waals surface area contributed by atoms with Crippen molar-refractivity contribution in [1.82, 2.24) is 0 Å². The number of cyclic esters (lactones) is 1. The van der Waals surface area contributed by atoms with Crippen LogP contribution in [0.4, 0.5) is 0 Å². The van der Waals surface area contributed by atoms with Gasteiger partial charge in [0.05, 0.1) is 12.2 Å². The smallest absolute Gasteiger partial charge is 0.346 e. The van der Waals surface area contributed by atoms with Crippen molar-refractivity contribution in [3.05, 3.63) is 41.7 Å². The summed E-state index contributed by atoms with van der Waals surface area (Å²) in [6, 6.07) is 6.18. The van der Waals surface area contributed by atoms with Gasteiger partial charge in [-0.1, -0.05) is 12.1 Å². The molecule has 20 heavy (non-hydrogen) atoms. The highest BCUT2D eigenvalue weighted by Crippen LogP contribution is 2.20. The van der Waals surface area contributed by atoms with Gasteiger partial charge in [-0.2, -0.15) is 0 Å². The molecule has 1 aliphatic heterocycles. The van der Waals surface area contributed by atoms with E-state index in [1.807, 2.05) is 0 Å². The molecule has 1 fully saturated rings. The SMILES string of the molecule is CC(=O)Oc1ccccc1C(=O)O/C=C1/CCOC1=O. The van der Waals surface area contributed by atoms with Crippen molar-refractivity contribution in [2.24, 2.45) is 0 Å². The lowest BCUT2D eigenvalue weighted by molar-refractivity contribution is -0.135. The van der Waals surface area contributed by atoms with E-state index in [0.29, 0.717) is 12.0 Å². The first kappa shape index (κ1) is 13.8. The molecule has 1 aliphatic rings. The number of carbonyl (C=O) groups excluding carboxylic acids is 3.